The molecule has 94 valence electrons. The average Bonchev–Trinajstić information content (AvgIpc) is 2.33. The molecule has 2 nitrogen and oxygen atoms in total. The Labute approximate surface area is 116 Å². The number of aromatic hydroxyl groups is 1. The number of phenolic OH excluding ortho intramolecular Hbond substituents is 1. The van der Waals surface area contributed by atoms with Gasteiger partial charge in [-0.25, -0.2) is 0 Å². The molecule has 0 spiro atoms. The Morgan fingerprint density at radius 1 is 1.11 bits per heavy atom. The van der Waals surface area contributed by atoms with Crippen molar-refractivity contribution in [3.8, 4) is 5.75 Å². The molecular formula is C14H13Cl2NO. The lowest BCUT2D eigenvalue weighted by Gasteiger charge is -2.10. The molecule has 0 bridgehead atoms. The van der Waals surface area contributed by atoms with Gasteiger partial charge in [0.05, 0.1) is 15.7 Å². The first-order chi connectivity index (χ1) is 8.58. The fourth-order valence-corrected chi connectivity index (χ4v) is 2.15. The summed E-state index contributed by atoms with van der Waals surface area (Å²) in [5, 5.41) is 14.0. The second-order valence-corrected chi connectivity index (χ2v) is 4.90. The smallest absolute Gasteiger partial charge is 0.139 e. The molecule has 0 aliphatic heterocycles. The van der Waals surface area contributed by atoms with Crippen LogP contribution in [0.1, 0.15) is 11.1 Å². The minimum absolute atomic E-state index is 0.106. The highest BCUT2D eigenvalue weighted by molar-refractivity contribution is 6.33. The number of benzene rings is 2. The normalized spacial score (nSPS) is 10.4. The minimum atomic E-state index is 0.106. The van der Waals surface area contributed by atoms with Crippen LogP contribution in [-0.4, -0.2) is 5.11 Å². The first kappa shape index (κ1) is 13.1. The number of nitrogens with one attached hydrogen (secondary N) is 1. The number of aryl methyl sites for hydroxylation is 1. The SMILES string of the molecule is Cc1ccc(NCc2cccc(Cl)c2O)c(Cl)c1. The van der Waals surface area contributed by atoms with Crippen LogP contribution in [0, 0.1) is 6.92 Å². The molecule has 0 atom stereocenters. The molecule has 2 aromatic carbocycles. The molecule has 2 N–H and O–H groups in total. The van der Waals surface area contributed by atoms with E-state index in [0.717, 1.165) is 16.8 Å². The standard InChI is InChI=1S/C14H13Cl2NO/c1-9-5-6-13(12(16)7-9)17-8-10-3-2-4-11(15)14(10)18/h2-7,17-18H,8H2,1H3. The van der Waals surface area contributed by atoms with Crippen molar-refractivity contribution >= 4 is 28.9 Å². The summed E-state index contributed by atoms with van der Waals surface area (Å²) in [4.78, 5) is 0. The number of hydrogen-bond acceptors (Lipinski definition) is 2. The van der Waals surface area contributed by atoms with Gasteiger partial charge in [0, 0.05) is 12.1 Å². The number of phenols is 1. The van der Waals surface area contributed by atoms with Crippen LogP contribution in [0.25, 0.3) is 0 Å². The second kappa shape index (κ2) is 5.51. The minimum Gasteiger partial charge on any atom is -0.506 e. The van der Waals surface area contributed by atoms with Crippen LogP contribution in [0.15, 0.2) is 36.4 Å². The lowest BCUT2D eigenvalue weighted by molar-refractivity contribution is 0.469. The van der Waals surface area contributed by atoms with Crippen molar-refractivity contribution in [2.75, 3.05) is 5.32 Å². The van der Waals surface area contributed by atoms with Crippen molar-refractivity contribution in [1.82, 2.24) is 0 Å². The molecule has 0 aliphatic carbocycles. The number of para-hydroxylation sites is 1. The number of anilines is 1. The summed E-state index contributed by atoms with van der Waals surface area (Å²) in [6, 6.07) is 11.1. The fraction of sp³-hybridized carbons (Fsp3) is 0.143. The summed E-state index contributed by atoms with van der Waals surface area (Å²) in [5.74, 6) is 0.106. The molecule has 0 saturated carbocycles. The molecule has 0 heterocycles. The maximum atomic E-state index is 9.78. The van der Waals surface area contributed by atoms with Gasteiger partial charge in [-0.15, -0.1) is 0 Å². The van der Waals surface area contributed by atoms with Gasteiger partial charge in [-0.2, -0.15) is 0 Å². The van der Waals surface area contributed by atoms with Crippen molar-refractivity contribution < 1.29 is 5.11 Å². The van der Waals surface area contributed by atoms with Gasteiger partial charge in [-0.05, 0) is 30.7 Å². The first-order valence-corrected chi connectivity index (χ1v) is 6.30. The molecule has 0 saturated heterocycles. The van der Waals surface area contributed by atoms with Gasteiger partial charge >= 0.3 is 0 Å². The van der Waals surface area contributed by atoms with Crippen LogP contribution in [-0.2, 0) is 6.54 Å². The molecule has 0 aliphatic rings. The molecule has 0 fully saturated rings. The van der Waals surface area contributed by atoms with Gasteiger partial charge in [0.2, 0.25) is 0 Å². The predicted molar refractivity (Wildman–Crippen MR) is 76.6 cm³/mol. The summed E-state index contributed by atoms with van der Waals surface area (Å²) < 4.78 is 0. The molecule has 2 aromatic rings. The summed E-state index contributed by atoms with van der Waals surface area (Å²) in [7, 11) is 0. The first-order valence-electron chi connectivity index (χ1n) is 5.54. The Hall–Kier alpha value is -1.38. The highest BCUT2D eigenvalue weighted by Gasteiger charge is 2.06. The van der Waals surface area contributed by atoms with E-state index in [-0.39, 0.29) is 5.75 Å². The zero-order valence-electron chi connectivity index (χ0n) is 9.87. The van der Waals surface area contributed by atoms with E-state index in [9.17, 15) is 5.11 Å². The maximum absolute atomic E-state index is 9.78. The second-order valence-electron chi connectivity index (χ2n) is 4.08. The third kappa shape index (κ3) is 2.89. The summed E-state index contributed by atoms with van der Waals surface area (Å²) in [5.41, 5.74) is 2.68. The van der Waals surface area contributed by atoms with Gasteiger partial charge in [-0.3, -0.25) is 0 Å². The maximum Gasteiger partial charge on any atom is 0.139 e. The number of hydrogen-bond donors (Lipinski definition) is 2. The quantitative estimate of drug-likeness (QED) is 0.861. The van der Waals surface area contributed by atoms with Crippen molar-refractivity contribution in [3.63, 3.8) is 0 Å². The Morgan fingerprint density at radius 3 is 2.61 bits per heavy atom. The third-order valence-corrected chi connectivity index (χ3v) is 3.28. The Balaban J connectivity index is 2.14. The third-order valence-electron chi connectivity index (χ3n) is 2.66. The molecule has 2 rings (SSSR count). The van der Waals surface area contributed by atoms with Gasteiger partial charge in [0.25, 0.3) is 0 Å². The van der Waals surface area contributed by atoms with E-state index in [1.54, 1.807) is 12.1 Å². The molecular weight excluding hydrogens is 269 g/mol. The Morgan fingerprint density at radius 2 is 1.89 bits per heavy atom. The Kier molecular flexibility index (Phi) is 4.00. The predicted octanol–water partition coefficient (Wildman–Crippen LogP) is 4.62. The van der Waals surface area contributed by atoms with E-state index in [4.69, 9.17) is 23.2 Å². The lowest BCUT2D eigenvalue weighted by atomic mass is 10.2. The molecule has 0 amide bonds. The fourth-order valence-electron chi connectivity index (χ4n) is 1.66. The van der Waals surface area contributed by atoms with Gasteiger partial charge in [0.1, 0.15) is 5.75 Å². The average molecular weight is 282 g/mol. The van der Waals surface area contributed by atoms with E-state index >= 15 is 0 Å². The molecule has 18 heavy (non-hydrogen) atoms. The Bertz CT molecular complexity index is 570. The molecule has 0 aromatic heterocycles. The molecule has 0 unspecified atom stereocenters. The lowest BCUT2D eigenvalue weighted by Crippen LogP contribution is -2.00. The zero-order valence-corrected chi connectivity index (χ0v) is 11.4. The number of halogens is 2. The van der Waals surface area contributed by atoms with Crippen LogP contribution in [0.4, 0.5) is 5.69 Å². The van der Waals surface area contributed by atoms with E-state index in [1.165, 1.54) is 0 Å². The van der Waals surface area contributed by atoms with Gasteiger partial charge in [-0.1, -0.05) is 41.4 Å². The number of rotatable bonds is 3. The highest BCUT2D eigenvalue weighted by Crippen LogP contribution is 2.29. The van der Waals surface area contributed by atoms with Crippen LogP contribution < -0.4 is 5.32 Å². The van der Waals surface area contributed by atoms with Crippen LogP contribution in [0.5, 0.6) is 5.75 Å². The molecule has 4 heteroatoms. The van der Waals surface area contributed by atoms with Crippen molar-refractivity contribution in [1.29, 1.82) is 0 Å². The van der Waals surface area contributed by atoms with E-state index in [0.29, 0.717) is 16.6 Å². The van der Waals surface area contributed by atoms with Crippen LogP contribution >= 0.6 is 23.2 Å². The molecule has 0 radical (unpaired) electrons. The largest absolute Gasteiger partial charge is 0.506 e. The summed E-state index contributed by atoms with van der Waals surface area (Å²) in [6.07, 6.45) is 0. The van der Waals surface area contributed by atoms with Crippen molar-refractivity contribution in [2.24, 2.45) is 0 Å². The van der Waals surface area contributed by atoms with Crippen LogP contribution in [0.3, 0.4) is 0 Å². The van der Waals surface area contributed by atoms with E-state index in [1.807, 2.05) is 31.2 Å². The highest BCUT2D eigenvalue weighted by atomic mass is 35.5. The van der Waals surface area contributed by atoms with E-state index in [2.05, 4.69) is 5.32 Å². The summed E-state index contributed by atoms with van der Waals surface area (Å²) >= 11 is 12.0. The summed E-state index contributed by atoms with van der Waals surface area (Å²) in [6.45, 7) is 2.45. The topological polar surface area (TPSA) is 32.3 Å². The zero-order chi connectivity index (χ0) is 13.1. The van der Waals surface area contributed by atoms with Gasteiger partial charge < -0.3 is 10.4 Å². The van der Waals surface area contributed by atoms with E-state index < -0.39 is 0 Å². The van der Waals surface area contributed by atoms with Gasteiger partial charge in [0.15, 0.2) is 0 Å². The monoisotopic (exact) mass is 281 g/mol. The van der Waals surface area contributed by atoms with Crippen LogP contribution in [0.2, 0.25) is 10.0 Å². The van der Waals surface area contributed by atoms with Crippen molar-refractivity contribution in [3.05, 3.63) is 57.6 Å². The van der Waals surface area contributed by atoms with Crippen molar-refractivity contribution in [2.45, 2.75) is 13.5 Å².